The predicted molar refractivity (Wildman–Crippen MR) is 78.0 cm³/mol. The molecule has 5 heteroatoms. The highest BCUT2D eigenvalue weighted by atomic mass is 16.2. The fourth-order valence-corrected chi connectivity index (χ4v) is 3.45. The van der Waals surface area contributed by atoms with Crippen molar-refractivity contribution >= 4 is 11.8 Å². The maximum atomic E-state index is 12.6. The van der Waals surface area contributed by atoms with Crippen LogP contribution in [0.25, 0.3) is 0 Å². The van der Waals surface area contributed by atoms with Crippen molar-refractivity contribution in [2.24, 2.45) is 17.6 Å². The molecular formula is C15H27N3O2. The molecule has 1 saturated carbocycles. The van der Waals surface area contributed by atoms with Gasteiger partial charge >= 0.3 is 0 Å². The Balaban J connectivity index is 1.94. The molecule has 2 atom stereocenters. The molecule has 1 saturated heterocycles. The van der Waals surface area contributed by atoms with Gasteiger partial charge in [0.15, 0.2) is 0 Å². The number of amides is 2. The zero-order valence-corrected chi connectivity index (χ0v) is 12.5. The van der Waals surface area contributed by atoms with Crippen LogP contribution in [0.2, 0.25) is 0 Å². The minimum Gasteiger partial charge on any atom is -0.344 e. The molecule has 1 heterocycles. The number of hydrogen-bond donors (Lipinski definition) is 1. The topological polar surface area (TPSA) is 66.6 Å². The first-order valence-corrected chi connectivity index (χ1v) is 7.84. The van der Waals surface area contributed by atoms with Crippen LogP contribution >= 0.6 is 0 Å². The third kappa shape index (κ3) is 3.72. The summed E-state index contributed by atoms with van der Waals surface area (Å²) < 4.78 is 0. The van der Waals surface area contributed by atoms with E-state index in [1.54, 1.807) is 9.80 Å². The number of carbonyl (C=O) groups is 2. The third-order valence-corrected chi connectivity index (χ3v) is 4.69. The van der Waals surface area contributed by atoms with Gasteiger partial charge in [0.25, 0.3) is 0 Å². The predicted octanol–water partition coefficient (Wildman–Crippen LogP) is 0.832. The first kappa shape index (κ1) is 15.3. The molecule has 2 aliphatic rings. The van der Waals surface area contributed by atoms with Crippen LogP contribution in [0.1, 0.15) is 38.5 Å². The Morgan fingerprint density at radius 3 is 2.85 bits per heavy atom. The summed E-state index contributed by atoms with van der Waals surface area (Å²) >= 11 is 0. The molecule has 1 aliphatic heterocycles. The number of nitrogens with zero attached hydrogens (tertiary/aromatic N) is 2. The van der Waals surface area contributed by atoms with Gasteiger partial charge in [-0.3, -0.25) is 9.59 Å². The lowest BCUT2D eigenvalue weighted by molar-refractivity contribution is -0.141. The molecule has 114 valence electrons. The fraction of sp³-hybridized carbons (Fsp3) is 0.867. The van der Waals surface area contributed by atoms with Gasteiger partial charge in [-0.05, 0) is 38.1 Å². The van der Waals surface area contributed by atoms with Crippen molar-refractivity contribution < 1.29 is 9.59 Å². The number of carbonyl (C=O) groups excluding carboxylic acids is 2. The lowest BCUT2D eigenvalue weighted by atomic mass is 9.79. The van der Waals surface area contributed by atoms with E-state index in [1.807, 2.05) is 7.05 Å². The molecule has 0 aromatic rings. The van der Waals surface area contributed by atoms with Crippen LogP contribution < -0.4 is 5.73 Å². The number of likely N-dealkylation sites (N-methyl/N-ethyl adjacent to an activating group) is 1. The first-order valence-electron chi connectivity index (χ1n) is 7.84. The lowest BCUT2D eigenvalue weighted by Gasteiger charge is -2.31. The van der Waals surface area contributed by atoms with Gasteiger partial charge in [-0.25, -0.2) is 0 Å². The zero-order valence-electron chi connectivity index (χ0n) is 12.5. The zero-order chi connectivity index (χ0) is 14.5. The molecule has 0 aromatic carbocycles. The van der Waals surface area contributed by atoms with Gasteiger partial charge in [0.05, 0.1) is 6.54 Å². The second-order valence-electron chi connectivity index (χ2n) is 6.24. The van der Waals surface area contributed by atoms with Gasteiger partial charge in [-0.2, -0.15) is 0 Å². The summed E-state index contributed by atoms with van der Waals surface area (Å²) in [5.41, 5.74) is 5.63. The van der Waals surface area contributed by atoms with Gasteiger partial charge in [0.1, 0.15) is 0 Å². The summed E-state index contributed by atoms with van der Waals surface area (Å²) in [5.74, 6) is 0.949. The molecule has 2 N–H and O–H groups in total. The highest BCUT2D eigenvalue weighted by Crippen LogP contribution is 2.32. The minimum absolute atomic E-state index is 0.0603. The van der Waals surface area contributed by atoms with E-state index < -0.39 is 0 Å². The van der Waals surface area contributed by atoms with E-state index >= 15 is 0 Å². The van der Waals surface area contributed by atoms with Crippen molar-refractivity contribution in [2.75, 3.05) is 33.2 Å². The van der Waals surface area contributed by atoms with Crippen LogP contribution in [0, 0.1) is 11.8 Å². The molecular weight excluding hydrogens is 254 g/mol. The van der Waals surface area contributed by atoms with Crippen LogP contribution in [-0.4, -0.2) is 54.8 Å². The van der Waals surface area contributed by atoms with E-state index in [0.29, 0.717) is 19.0 Å². The first-order chi connectivity index (χ1) is 9.61. The SMILES string of the molecule is CN1CCCN(C(=O)C2CCCC(CCN)C2)CC1=O. The molecule has 0 bridgehead atoms. The molecule has 2 fully saturated rings. The summed E-state index contributed by atoms with van der Waals surface area (Å²) in [7, 11) is 1.81. The van der Waals surface area contributed by atoms with Crippen LogP contribution in [-0.2, 0) is 9.59 Å². The molecule has 2 unspecified atom stereocenters. The van der Waals surface area contributed by atoms with Crippen LogP contribution in [0.15, 0.2) is 0 Å². The Hall–Kier alpha value is -1.10. The molecule has 2 amide bonds. The molecule has 20 heavy (non-hydrogen) atoms. The van der Waals surface area contributed by atoms with E-state index in [0.717, 1.165) is 38.6 Å². The molecule has 0 spiro atoms. The summed E-state index contributed by atoms with van der Waals surface area (Å²) in [6.07, 6.45) is 6.14. The fourth-order valence-electron chi connectivity index (χ4n) is 3.45. The Bertz CT molecular complexity index is 357. The maximum Gasteiger partial charge on any atom is 0.241 e. The van der Waals surface area contributed by atoms with Gasteiger partial charge in [-0.15, -0.1) is 0 Å². The van der Waals surface area contributed by atoms with E-state index in [-0.39, 0.29) is 24.3 Å². The Labute approximate surface area is 121 Å². The van der Waals surface area contributed by atoms with Crippen molar-refractivity contribution in [1.82, 2.24) is 9.80 Å². The van der Waals surface area contributed by atoms with Crippen molar-refractivity contribution in [2.45, 2.75) is 38.5 Å². The standard InChI is InChI=1S/C15H27N3O2/c1-17-8-3-9-18(11-14(17)19)15(20)13-5-2-4-12(10-13)6-7-16/h12-13H,2-11,16H2,1H3. The summed E-state index contributed by atoms with van der Waals surface area (Å²) in [6.45, 7) is 2.43. The quantitative estimate of drug-likeness (QED) is 0.833. The smallest absolute Gasteiger partial charge is 0.241 e. The second kappa shape index (κ2) is 7.07. The summed E-state index contributed by atoms with van der Waals surface area (Å²) in [5, 5.41) is 0. The minimum atomic E-state index is 0.0603. The number of hydrogen-bond acceptors (Lipinski definition) is 3. The van der Waals surface area contributed by atoms with Gasteiger partial charge in [0.2, 0.25) is 11.8 Å². The van der Waals surface area contributed by atoms with Crippen LogP contribution in [0.5, 0.6) is 0 Å². The third-order valence-electron chi connectivity index (χ3n) is 4.69. The van der Waals surface area contributed by atoms with E-state index in [2.05, 4.69) is 0 Å². The number of rotatable bonds is 3. The summed E-state index contributed by atoms with van der Waals surface area (Å²) in [6, 6.07) is 0. The van der Waals surface area contributed by atoms with E-state index in [9.17, 15) is 9.59 Å². The van der Waals surface area contributed by atoms with Gasteiger partial charge in [0, 0.05) is 26.1 Å². The van der Waals surface area contributed by atoms with Crippen molar-refractivity contribution in [1.29, 1.82) is 0 Å². The Kier molecular flexibility index (Phi) is 5.40. The monoisotopic (exact) mass is 281 g/mol. The molecule has 0 radical (unpaired) electrons. The molecule has 5 nitrogen and oxygen atoms in total. The Morgan fingerprint density at radius 1 is 1.30 bits per heavy atom. The number of nitrogens with two attached hydrogens (primary N) is 1. The van der Waals surface area contributed by atoms with Crippen molar-refractivity contribution in [3.8, 4) is 0 Å². The Morgan fingerprint density at radius 2 is 2.10 bits per heavy atom. The molecule has 1 aliphatic carbocycles. The highest BCUT2D eigenvalue weighted by Gasteiger charge is 2.32. The average molecular weight is 281 g/mol. The maximum absolute atomic E-state index is 12.6. The van der Waals surface area contributed by atoms with Gasteiger partial charge < -0.3 is 15.5 Å². The highest BCUT2D eigenvalue weighted by molar-refractivity contribution is 5.86. The van der Waals surface area contributed by atoms with Crippen molar-refractivity contribution in [3.05, 3.63) is 0 Å². The van der Waals surface area contributed by atoms with E-state index in [4.69, 9.17) is 5.73 Å². The van der Waals surface area contributed by atoms with Crippen LogP contribution in [0.3, 0.4) is 0 Å². The lowest BCUT2D eigenvalue weighted by Crippen LogP contribution is -2.42. The second-order valence-corrected chi connectivity index (χ2v) is 6.24. The van der Waals surface area contributed by atoms with Crippen molar-refractivity contribution in [3.63, 3.8) is 0 Å². The molecule has 0 aromatic heterocycles. The largest absolute Gasteiger partial charge is 0.344 e. The van der Waals surface area contributed by atoms with Gasteiger partial charge in [-0.1, -0.05) is 12.8 Å². The van der Waals surface area contributed by atoms with Crippen LogP contribution in [0.4, 0.5) is 0 Å². The normalized spacial score (nSPS) is 28.4. The summed E-state index contributed by atoms with van der Waals surface area (Å²) in [4.78, 5) is 28.0. The van der Waals surface area contributed by atoms with E-state index in [1.165, 1.54) is 6.42 Å². The average Bonchev–Trinajstić information content (AvgIpc) is 2.61. The molecule has 2 rings (SSSR count).